The molecule has 0 N–H and O–H groups in total. The van der Waals surface area contributed by atoms with Crippen LogP contribution >= 0.6 is 27.5 Å². The van der Waals surface area contributed by atoms with Gasteiger partial charge in [0.25, 0.3) is 0 Å². The van der Waals surface area contributed by atoms with E-state index >= 15 is 0 Å². The summed E-state index contributed by atoms with van der Waals surface area (Å²) in [5, 5.41) is 1.73. The first-order valence-corrected chi connectivity index (χ1v) is 4.70. The molecule has 0 radical (unpaired) electrons. The molecule has 2 rings (SSSR count). The SMILES string of the molecule is Cc1c(Br)oc2cccc(Cl)c12. The van der Waals surface area contributed by atoms with Crippen molar-refractivity contribution in [3.8, 4) is 0 Å². The van der Waals surface area contributed by atoms with E-state index in [9.17, 15) is 0 Å². The molecule has 1 aromatic carbocycles. The third-order valence-corrected chi connectivity index (χ3v) is 2.92. The Morgan fingerprint density at radius 1 is 1.42 bits per heavy atom. The lowest BCUT2D eigenvalue weighted by Crippen LogP contribution is -1.69. The summed E-state index contributed by atoms with van der Waals surface area (Å²) < 4.78 is 6.17. The monoisotopic (exact) mass is 244 g/mol. The van der Waals surface area contributed by atoms with Gasteiger partial charge in [0.1, 0.15) is 5.58 Å². The predicted octanol–water partition coefficient (Wildman–Crippen LogP) is 4.16. The molecule has 0 amide bonds. The van der Waals surface area contributed by atoms with Crippen molar-refractivity contribution in [1.82, 2.24) is 0 Å². The van der Waals surface area contributed by atoms with Crippen LogP contribution in [0.2, 0.25) is 5.02 Å². The van der Waals surface area contributed by atoms with Crippen LogP contribution in [0.15, 0.2) is 27.3 Å². The molecular formula is C9H6BrClO. The van der Waals surface area contributed by atoms with Crippen LogP contribution in [0, 0.1) is 6.92 Å². The molecule has 0 aliphatic heterocycles. The zero-order valence-electron chi connectivity index (χ0n) is 6.40. The Hall–Kier alpha value is -0.470. The molecule has 1 heterocycles. The molecule has 0 saturated carbocycles. The maximum Gasteiger partial charge on any atom is 0.173 e. The van der Waals surface area contributed by atoms with Crippen molar-refractivity contribution in [2.75, 3.05) is 0 Å². The Kier molecular flexibility index (Phi) is 1.89. The molecule has 0 fully saturated rings. The fourth-order valence-corrected chi connectivity index (χ4v) is 1.90. The lowest BCUT2D eigenvalue weighted by molar-refractivity contribution is 0.584. The van der Waals surface area contributed by atoms with Crippen LogP contribution in [0.5, 0.6) is 0 Å². The first-order chi connectivity index (χ1) is 5.70. The normalized spacial score (nSPS) is 10.9. The first kappa shape index (κ1) is 8.14. The van der Waals surface area contributed by atoms with Gasteiger partial charge in [-0.1, -0.05) is 17.7 Å². The number of halogens is 2. The highest BCUT2D eigenvalue weighted by Gasteiger charge is 2.09. The van der Waals surface area contributed by atoms with Crippen LogP contribution in [0.1, 0.15) is 5.56 Å². The molecule has 12 heavy (non-hydrogen) atoms. The van der Waals surface area contributed by atoms with Crippen molar-refractivity contribution in [3.63, 3.8) is 0 Å². The van der Waals surface area contributed by atoms with Crippen molar-refractivity contribution in [3.05, 3.63) is 33.5 Å². The molecule has 0 saturated heterocycles. The number of rotatable bonds is 0. The van der Waals surface area contributed by atoms with Gasteiger partial charge in [0.15, 0.2) is 4.67 Å². The number of furan rings is 1. The minimum absolute atomic E-state index is 0.736. The van der Waals surface area contributed by atoms with E-state index in [0.29, 0.717) is 0 Å². The van der Waals surface area contributed by atoms with Gasteiger partial charge in [-0.15, -0.1) is 0 Å². The van der Waals surface area contributed by atoms with Gasteiger partial charge in [0.2, 0.25) is 0 Å². The topological polar surface area (TPSA) is 13.1 Å². The fourth-order valence-electron chi connectivity index (χ4n) is 1.22. The number of aryl methyl sites for hydroxylation is 1. The molecule has 2 aromatic rings. The van der Waals surface area contributed by atoms with Gasteiger partial charge in [-0.25, -0.2) is 0 Å². The Bertz CT molecular complexity index is 433. The standard InChI is InChI=1S/C9H6BrClO/c1-5-8-6(11)3-2-4-7(8)12-9(5)10/h2-4H,1H3. The second kappa shape index (κ2) is 2.79. The van der Waals surface area contributed by atoms with Crippen LogP contribution < -0.4 is 0 Å². The maximum atomic E-state index is 5.99. The fraction of sp³-hybridized carbons (Fsp3) is 0.111. The van der Waals surface area contributed by atoms with Gasteiger partial charge in [0.05, 0.1) is 5.02 Å². The minimum Gasteiger partial charge on any atom is -0.449 e. The lowest BCUT2D eigenvalue weighted by atomic mass is 10.2. The van der Waals surface area contributed by atoms with E-state index < -0.39 is 0 Å². The average Bonchev–Trinajstić information content (AvgIpc) is 2.29. The molecule has 0 atom stereocenters. The van der Waals surface area contributed by atoms with Crippen LogP contribution in [0.4, 0.5) is 0 Å². The van der Waals surface area contributed by atoms with E-state index in [1.807, 2.05) is 25.1 Å². The zero-order chi connectivity index (χ0) is 8.72. The third-order valence-electron chi connectivity index (χ3n) is 1.84. The number of benzene rings is 1. The van der Waals surface area contributed by atoms with E-state index in [1.54, 1.807) is 0 Å². The second-order valence-corrected chi connectivity index (χ2v) is 3.74. The summed E-state index contributed by atoms with van der Waals surface area (Å²) in [7, 11) is 0. The Morgan fingerprint density at radius 3 is 2.83 bits per heavy atom. The average molecular weight is 246 g/mol. The number of fused-ring (bicyclic) bond motifs is 1. The Balaban J connectivity index is 2.97. The van der Waals surface area contributed by atoms with E-state index in [1.165, 1.54) is 0 Å². The molecule has 3 heteroatoms. The van der Waals surface area contributed by atoms with Crippen LogP contribution in [0.25, 0.3) is 11.0 Å². The molecule has 0 aliphatic rings. The Labute approximate surface area is 83.4 Å². The van der Waals surface area contributed by atoms with Gasteiger partial charge in [0, 0.05) is 10.9 Å². The van der Waals surface area contributed by atoms with Gasteiger partial charge in [-0.2, -0.15) is 0 Å². The van der Waals surface area contributed by atoms with Crippen LogP contribution in [0.3, 0.4) is 0 Å². The van der Waals surface area contributed by atoms with Crippen molar-refractivity contribution in [2.45, 2.75) is 6.92 Å². The summed E-state index contributed by atoms with van der Waals surface area (Å²) >= 11 is 9.31. The Morgan fingerprint density at radius 2 is 2.17 bits per heavy atom. The van der Waals surface area contributed by atoms with E-state index in [-0.39, 0.29) is 0 Å². The summed E-state index contributed by atoms with van der Waals surface area (Å²) in [6.07, 6.45) is 0. The molecular weight excluding hydrogens is 239 g/mol. The largest absolute Gasteiger partial charge is 0.449 e. The van der Waals surface area contributed by atoms with Crippen molar-refractivity contribution in [1.29, 1.82) is 0 Å². The van der Waals surface area contributed by atoms with Gasteiger partial charge in [-0.05, 0) is 35.0 Å². The third kappa shape index (κ3) is 1.06. The second-order valence-electron chi connectivity index (χ2n) is 2.61. The molecule has 62 valence electrons. The summed E-state index contributed by atoms with van der Waals surface area (Å²) in [4.78, 5) is 0. The highest BCUT2D eigenvalue weighted by molar-refractivity contribution is 9.10. The first-order valence-electron chi connectivity index (χ1n) is 3.53. The quantitative estimate of drug-likeness (QED) is 0.679. The van der Waals surface area contributed by atoms with Crippen LogP contribution in [-0.4, -0.2) is 0 Å². The van der Waals surface area contributed by atoms with Crippen molar-refractivity contribution in [2.24, 2.45) is 0 Å². The summed E-state index contributed by atoms with van der Waals surface area (Å²) in [5.74, 6) is 0. The number of hydrogen-bond donors (Lipinski definition) is 0. The van der Waals surface area contributed by atoms with Crippen LogP contribution in [-0.2, 0) is 0 Å². The van der Waals surface area contributed by atoms with Crippen molar-refractivity contribution >= 4 is 38.5 Å². The maximum absolute atomic E-state index is 5.99. The lowest BCUT2D eigenvalue weighted by Gasteiger charge is -1.91. The summed E-state index contributed by atoms with van der Waals surface area (Å²) in [6.45, 7) is 1.97. The highest BCUT2D eigenvalue weighted by atomic mass is 79.9. The van der Waals surface area contributed by atoms with Crippen molar-refractivity contribution < 1.29 is 4.42 Å². The molecule has 0 unspecified atom stereocenters. The molecule has 1 nitrogen and oxygen atoms in total. The zero-order valence-corrected chi connectivity index (χ0v) is 8.74. The highest BCUT2D eigenvalue weighted by Crippen LogP contribution is 2.33. The smallest absolute Gasteiger partial charge is 0.173 e. The molecule has 0 spiro atoms. The number of hydrogen-bond acceptors (Lipinski definition) is 1. The van der Waals surface area contributed by atoms with E-state index in [4.69, 9.17) is 16.0 Å². The molecule has 0 aliphatic carbocycles. The van der Waals surface area contributed by atoms with E-state index in [2.05, 4.69) is 15.9 Å². The van der Waals surface area contributed by atoms with Gasteiger partial charge >= 0.3 is 0 Å². The molecule has 1 aromatic heterocycles. The summed E-state index contributed by atoms with van der Waals surface area (Å²) in [6, 6.07) is 5.64. The summed E-state index contributed by atoms with van der Waals surface area (Å²) in [5.41, 5.74) is 1.88. The minimum atomic E-state index is 0.736. The predicted molar refractivity (Wildman–Crippen MR) is 53.7 cm³/mol. The molecule has 0 bridgehead atoms. The van der Waals surface area contributed by atoms with Gasteiger partial charge in [-0.3, -0.25) is 0 Å². The van der Waals surface area contributed by atoms with E-state index in [0.717, 1.165) is 26.2 Å². The van der Waals surface area contributed by atoms with Gasteiger partial charge < -0.3 is 4.42 Å².